The van der Waals surface area contributed by atoms with Crippen LogP contribution in [0.1, 0.15) is 39.2 Å². The molecule has 7 heteroatoms. The molecule has 146 valence electrons. The molecule has 1 fully saturated rings. The van der Waals surface area contributed by atoms with Gasteiger partial charge in [0.05, 0.1) is 11.4 Å². The minimum Gasteiger partial charge on any atom is -0.342 e. The van der Waals surface area contributed by atoms with Gasteiger partial charge in [0.15, 0.2) is 0 Å². The largest absolute Gasteiger partial charge is 0.342 e. The Morgan fingerprint density at radius 3 is 2.56 bits per heavy atom. The second kappa shape index (κ2) is 8.17. The van der Waals surface area contributed by atoms with Gasteiger partial charge in [-0.25, -0.2) is 8.42 Å². The van der Waals surface area contributed by atoms with Gasteiger partial charge in [0.1, 0.15) is 6.04 Å². The van der Waals surface area contributed by atoms with Crippen molar-refractivity contribution < 1.29 is 13.2 Å². The van der Waals surface area contributed by atoms with E-state index in [0.717, 1.165) is 12.8 Å². The van der Waals surface area contributed by atoms with E-state index in [4.69, 9.17) is 0 Å². The van der Waals surface area contributed by atoms with E-state index in [1.807, 2.05) is 29.1 Å². The van der Waals surface area contributed by atoms with E-state index >= 15 is 0 Å². The Morgan fingerprint density at radius 1 is 1.15 bits per heavy atom. The Labute approximate surface area is 161 Å². The SMILES string of the molecule is CC(C)C[C@@H](C(=O)Nc1cccc(N2CCCCS2(=O)=O)c1)n1cccc1. The normalized spacial score (nSPS) is 17.7. The van der Waals surface area contributed by atoms with Crippen molar-refractivity contribution in [2.24, 2.45) is 5.92 Å². The van der Waals surface area contributed by atoms with Crippen LogP contribution in [0.3, 0.4) is 0 Å². The molecule has 1 saturated heterocycles. The predicted molar refractivity (Wildman–Crippen MR) is 108 cm³/mol. The van der Waals surface area contributed by atoms with E-state index < -0.39 is 10.0 Å². The van der Waals surface area contributed by atoms with Crippen LogP contribution in [0.2, 0.25) is 0 Å². The fourth-order valence-electron chi connectivity index (χ4n) is 3.41. The number of sulfonamides is 1. The Bertz CT molecular complexity index is 876. The van der Waals surface area contributed by atoms with Crippen LogP contribution in [0.15, 0.2) is 48.8 Å². The molecule has 1 aromatic carbocycles. The number of hydrogen-bond donors (Lipinski definition) is 1. The van der Waals surface area contributed by atoms with Gasteiger partial charge in [-0.2, -0.15) is 0 Å². The molecule has 1 N–H and O–H groups in total. The van der Waals surface area contributed by atoms with E-state index in [1.54, 1.807) is 24.3 Å². The number of anilines is 2. The molecule has 1 amide bonds. The Hall–Kier alpha value is -2.28. The molecule has 27 heavy (non-hydrogen) atoms. The molecule has 0 saturated carbocycles. The lowest BCUT2D eigenvalue weighted by Gasteiger charge is -2.28. The van der Waals surface area contributed by atoms with E-state index in [0.29, 0.717) is 30.3 Å². The fourth-order valence-corrected chi connectivity index (χ4v) is 5.04. The van der Waals surface area contributed by atoms with Gasteiger partial charge < -0.3 is 9.88 Å². The average Bonchev–Trinajstić information content (AvgIpc) is 3.13. The van der Waals surface area contributed by atoms with Crippen LogP contribution in [0.4, 0.5) is 11.4 Å². The van der Waals surface area contributed by atoms with Crippen LogP contribution < -0.4 is 9.62 Å². The highest BCUT2D eigenvalue weighted by Crippen LogP contribution is 2.27. The molecule has 0 spiro atoms. The summed E-state index contributed by atoms with van der Waals surface area (Å²) in [6, 6.07) is 10.6. The highest BCUT2D eigenvalue weighted by Gasteiger charge is 2.26. The lowest BCUT2D eigenvalue weighted by molar-refractivity contribution is -0.119. The van der Waals surface area contributed by atoms with Crippen molar-refractivity contribution in [1.29, 1.82) is 0 Å². The third kappa shape index (κ3) is 4.71. The van der Waals surface area contributed by atoms with Crippen LogP contribution in [0.5, 0.6) is 0 Å². The van der Waals surface area contributed by atoms with Gasteiger partial charge in [-0.3, -0.25) is 9.10 Å². The van der Waals surface area contributed by atoms with Crippen LogP contribution in [-0.2, 0) is 14.8 Å². The number of carbonyl (C=O) groups is 1. The third-order valence-corrected chi connectivity index (χ3v) is 6.61. The number of rotatable bonds is 6. The second-order valence-electron chi connectivity index (χ2n) is 7.41. The van der Waals surface area contributed by atoms with Crippen molar-refractivity contribution in [3.05, 3.63) is 48.8 Å². The van der Waals surface area contributed by atoms with Crippen LogP contribution in [-0.4, -0.2) is 31.2 Å². The smallest absolute Gasteiger partial charge is 0.247 e. The van der Waals surface area contributed by atoms with E-state index in [9.17, 15) is 13.2 Å². The third-order valence-electron chi connectivity index (χ3n) is 4.74. The van der Waals surface area contributed by atoms with Crippen molar-refractivity contribution in [2.75, 3.05) is 21.9 Å². The van der Waals surface area contributed by atoms with Gasteiger partial charge in [0.2, 0.25) is 15.9 Å². The Balaban J connectivity index is 1.79. The Kier molecular flexibility index (Phi) is 5.89. The zero-order valence-electron chi connectivity index (χ0n) is 15.8. The standard InChI is InChI=1S/C20H27N3O3S/c1-16(2)14-19(22-10-3-4-11-22)20(24)21-17-8-7-9-18(15-17)23-12-5-6-13-27(23,25)26/h3-4,7-11,15-16,19H,5-6,12-14H2,1-2H3,(H,21,24)/t19-/m0/s1. The molecular weight excluding hydrogens is 362 g/mol. The summed E-state index contributed by atoms with van der Waals surface area (Å²) in [4.78, 5) is 12.9. The fraction of sp³-hybridized carbons (Fsp3) is 0.450. The minimum atomic E-state index is -3.27. The van der Waals surface area contributed by atoms with Gasteiger partial charge >= 0.3 is 0 Å². The first kappa shape index (κ1) is 19.5. The molecule has 2 aromatic rings. The number of aromatic nitrogens is 1. The molecule has 1 aliphatic heterocycles. The highest BCUT2D eigenvalue weighted by atomic mass is 32.2. The number of carbonyl (C=O) groups excluding carboxylic acids is 1. The summed E-state index contributed by atoms with van der Waals surface area (Å²) in [5.41, 5.74) is 1.22. The monoisotopic (exact) mass is 389 g/mol. The van der Waals surface area contributed by atoms with Gasteiger partial charge in [-0.15, -0.1) is 0 Å². The first-order valence-corrected chi connectivity index (χ1v) is 11.0. The molecule has 2 heterocycles. The highest BCUT2D eigenvalue weighted by molar-refractivity contribution is 7.92. The van der Waals surface area contributed by atoms with Gasteiger partial charge in [-0.05, 0) is 55.5 Å². The molecule has 0 radical (unpaired) electrons. The minimum absolute atomic E-state index is 0.0986. The number of nitrogens with one attached hydrogen (secondary N) is 1. The van der Waals surface area contributed by atoms with E-state index in [-0.39, 0.29) is 17.7 Å². The second-order valence-corrected chi connectivity index (χ2v) is 9.42. The maximum Gasteiger partial charge on any atom is 0.247 e. The van der Waals surface area contributed by atoms with Crippen molar-refractivity contribution in [3.8, 4) is 0 Å². The molecule has 6 nitrogen and oxygen atoms in total. The van der Waals surface area contributed by atoms with Crippen LogP contribution in [0, 0.1) is 5.92 Å². The summed E-state index contributed by atoms with van der Waals surface area (Å²) in [7, 11) is -3.27. The van der Waals surface area contributed by atoms with Crippen molar-refractivity contribution >= 4 is 27.3 Å². The molecule has 1 aliphatic rings. The predicted octanol–water partition coefficient (Wildman–Crippen LogP) is 3.64. The number of benzene rings is 1. The quantitative estimate of drug-likeness (QED) is 0.820. The number of amides is 1. The molecule has 0 unspecified atom stereocenters. The summed E-state index contributed by atoms with van der Waals surface area (Å²) in [5.74, 6) is 0.444. The summed E-state index contributed by atoms with van der Waals surface area (Å²) in [6.07, 6.45) is 6.05. The molecule has 3 rings (SSSR count). The van der Waals surface area contributed by atoms with Crippen LogP contribution >= 0.6 is 0 Å². The molecule has 0 aliphatic carbocycles. The van der Waals surface area contributed by atoms with E-state index in [2.05, 4.69) is 19.2 Å². The summed E-state index contributed by atoms with van der Waals surface area (Å²) in [5, 5.41) is 2.96. The van der Waals surface area contributed by atoms with Gasteiger partial charge in [-0.1, -0.05) is 19.9 Å². The zero-order chi connectivity index (χ0) is 19.4. The topological polar surface area (TPSA) is 71.4 Å². The average molecular weight is 390 g/mol. The maximum atomic E-state index is 12.9. The lowest BCUT2D eigenvalue weighted by Crippen LogP contribution is -2.37. The first-order chi connectivity index (χ1) is 12.9. The van der Waals surface area contributed by atoms with Gasteiger partial charge in [0.25, 0.3) is 0 Å². The van der Waals surface area contributed by atoms with Crippen molar-refractivity contribution in [1.82, 2.24) is 4.57 Å². The zero-order valence-corrected chi connectivity index (χ0v) is 16.7. The summed E-state index contributed by atoms with van der Waals surface area (Å²) < 4.78 is 28.0. The van der Waals surface area contributed by atoms with E-state index in [1.165, 1.54) is 4.31 Å². The number of nitrogens with zero attached hydrogens (tertiary/aromatic N) is 2. The lowest BCUT2D eigenvalue weighted by atomic mass is 10.0. The summed E-state index contributed by atoms with van der Waals surface area (Å²) in [6.45, 7) is 4.66. The number of hydrogen-bond acceptors (Lipinski definition) is 3. The molecule has 0 bridgehead atoms. The Morgan fingerprint density at radius 2 is 1.89 bits per heavy atom. The van der Waals surface area contributed by atoms with Crippen molar-refractivity contribution in [2.45, 2.75) is 39.2 Å². The maximum absolute atomic E-state index is 12.9. The molecular formula is C20H27N3O3S. The van der Waals surface area contributed by atoms with Gasteiger partial charge in [0, 0.05) is 24.6 Å². The molecule has 1 atom stereocenters. The van der Waals surface area contributed by atoms with Crippen LogP contribution in [0.25, 0.3) is 0 Å². The first-order valence-electron chi connectivity index (χ1n) is 9.40. The summed E-state index contributed by atoms with van der Waals surface area (Å²) >= 11 is 0. The molecule has 1 aromatic heterocycles. The van der Waals surface area contributed by atoms with Crippen molar-refractivity contribution in [3.63, 3.8) is 0 Å².